The van der Waals surface area contributed by atoms with Gasteiger partial charge in [-0.15, -0.1) is 0 Å². The second-order valence-corrected chi connectivity index (χ2v) is 9.94. The van der Waals surface area contributed by atoms with Gasteiger partial charge in [-0.25, -0.2) is 12.8 Å². The molecule has 4 rings (SSSR count). The lowest BCUT2D eigenvalue weighted by Gasteiger charge is -2.34. The van der Waals surface area contributed by atoms with Crippen LogP contribution in [0.5, 0.6) is 0 Å². The number of nitrogens with one attached hydrogen (secondary N) is 2. The Balaban J connectivity index is 1.63. The van der Waals surface area contributed by atoms with Gasteiger partial charge in [-0.1, -0.05) is 6.92 Å². The molecular formula is C23H30FN5O3S. The highest BCUT2D eigenvalue weighted by atomic mass is 32.2. The zero-order chi connectivity index (χ0) is 23.4. The minimum atomic E-state index is -3.96. The standard InChI is InChI=1S/C23H30FN5O3S/c1-2-27-13-15-29(16-14-27)23(30)18-3-8-22(28-11-9-25-10-12-28)21(17-18)26-33(31,32)20-6-4-19(24)5-7-20/h3-8,17,25-26H,2,9-16H2,1H3. The number of amides is 1. The van der Waals surface area contributed by atoms with Crippen molar-refractivity contribution >= 4 is 27.3 Å². The van der Waals surface area contributed by atoms with Crippen LogP contribution in [0, 0.1) is 5.82 Å². The molecule has 8 nitrogen and oxygen atoms in total. The Morgan fingerprint density at radius 3 is 2.30 bits per heavy atom. The molecule has 0 bridgehead atoms. The van der Waals surface area contributed by atoms with Gasteiger partial charge in [0.2, 0.25) is 0 Å². The van der Waals surface area contributed by atoms with Gasteiger partial charge in [-0.3, -0.25) is 9.52 Å². The molecule has 0 aromatic heterocycles. The number of halogens is 1. The molecule has 2 aliphatic rings. The number of nitrogens with zero attached hydrogens (tertiary/aromatic N) is 3. The first-order chi connectivity index (χ1) is 15.9. The second kappa shape index (κ2) is 10.1. The lowest BCUT2D eigenvalue weighted by atomic mass is 10.1. The lowest BCUT2D eigenvalue weighted by Crippen LogP contribution is -2.48. The van der Waals surface area contributed by atoms with E-state index in [2.05, 4.69) is 26.8 Å². The predicted molar refractivity (Wildman–Crippen MR) is 127 cm³/mol. The van der Waals surface area contributed by atoms with E-state index in [4.69, 9.17) is 0 Å². The molecule has 2 fully saturated rings. The average molecular weight is 476 g/mol. The van der Waals surface area contributed by atoms with Crippen molar-refractivity contribution in [3.8, 4) is 0 Å². The third kappa shape index (κ3) is 5.45. The monoisotopic (exact) mass is 475 g/mol. The highest BCUT2D eigenvalue weighted by Gasteiger charge is 2.25. The fourth-order valence-electron chi connectivity index (χ4n) is 4.20. The molecule has 0 spiro atoms. The molecule has 2 N–H and O–H groups in total. The molecule has 0 aliphatic carbocycles. The lowest BCUT2D eigenvalue weighted by molar-refractivity contribution is 0.0643. The maximum atomic E-state index is 13.3. The van der Waals surface area contributed by atoms with Gasteiger partial charge in [0.15, 0.2) is 0 Å². The summed E-state index contributed by atoms with van der Waals surface area (Å²) in [5.41, 5.74) is 1.50. The van der Waals surface area contributed by atoms with E-state index in [1.807, 2.05) is 11.0 Å². The summed E-state index contributed by atoms with van der Waals surface area (Å²) in [6, 6.07) is 9.87. The first-order valence-corrected chi connectivity index (χ1v) is 12.8. The van der Waals surface area contributed by atoms with E-state index in [9.17, 15) is 17.6 Å². The fraction of sp³-hybridized carbons (Fsp3) is 0.435. The zero-order valence-corrected chi connectivity index (χ0v) is 19.6. The fourth-order valence-corrected chi connectivity index (χ4v) is 5.26. The molecule has 0 atom stereocenters. The minimum absolute atomic E-state index is 0.0393. The number of carbonyl (C=O) groups excluding carboxylic acids is 1. The number of carbonyl (C=O) groups is 1. The number of hydrogen-bond donors (Lipinski definition) is 2. The van der Waals surface area contributed by atoms with Gasteiger partial charge < -0.3 is 20.0 Å². The highest BCUT2D eigenvalue weighted by molar-refractivity contribution is 7.92. The summed E-state index contributed by atoms with van der Waals surface area (Å²) in [6.45, 7) is 9.00. The molecule has 10 heteroatoms. The summed E-state index contributed by atoms with van der Waals surface area (Å²) in [4.78, 5) is 19.3. The Morgan fingerprint density at radius 2 is 1.67 bits per heavy atom. The maximum Gasteiger partial charge on any atom is 0.261 e. The van der Waals surface area contributed by atoms with E-state index in [-0.39, 0.29) is 10.8 Å². The molecule has 2 aliphatic heterocycles. The third-order valence-corrected chi connectivity index (χ3v) is 7.56. The number of anilines is 2. The maximum absolute atomic E-state index is 13.3. The molecule has 0 radical (unpaired) electrons. The highest BCUT2D eigenvalue weighted by Crippen LogP contribution is 2.30. The number of hydrogen-bond acceptors (Lipinski definition) is 6. The molecule has 178 valence electrons. The molecule has 0 saturated carbocycles. The van der Waals surface area contributed by atoms with Crippen molar-refractivity contribution in [1.29, 1.82) is 0 Å². The van der Waals surface area contributed by atoms with Crippen molar-refractivity contribution < 1.29 is 17.6 Å². The quantitative estimate of drug-likeness (QED) is 0.663. The van der Waals surface area contributed by atoms with Gasteiger partial charge in [0.1, 0.15) is 5.82 Å². The third-order valence-electron chi connectivity index (χ3n) is 6.18. The van der Waals surface area contributed by atoms with Crippen LogP contribution < -0.4 is 14.9 Å². The van der Waals surface area contributed by atoms with Crippen LogP contribution in [0.4, 0.5) is 15.8 Å². The van der Waals surface area contributed by atoms with Gasteiger partial charge in [-0.05, 0) is 49.0 Å². The van der Waals surface area contributed by atoms with Gasteiger partial charge in [-0.2, -0.15) is 0 Å². The van der Waals surface area contributed by atoms with Crippen LogP contribution in [-0.2, 0) is 10.0 Å². The second-order valence-electron chi connectivity index (χ2n) is 8.25. The van der Waals surface area contributed by atoms with Crippen LogP contribution in [0.25, 0.3) is 0 Å². The van der Waals surface area contributed by atoms with Crippen molar-refractivity contribution in [2.24, 2.45) is 0 Å². The van der Waals surface area contributed by atoms with Crippen molar-refractivity contribution in [2.75, 3.05) is 68.5 Å². The van der Waals surface area contributed by atoms with E-state index in [1.54, 1.807) is 12.1 Å². The summed E-state index contributed by atoms with van der Waals surface area (Å²) in [5, 5.41) is 3.28. The molecule has 33 heavy (non-hydrogen) atoms. The molecule has 1 amide bonds. The molecular weight excluding hydrogens is 445 g/mol. The van der Waals surface area contributed by atoms with Crippen molar-refractivity contribution in [3.63, 3.8) is 0 Å². The Kier molecular flexibility index (Phi) is 7.16. The van der Waals surface area contributed by atoms with Crippen LogP contribution >= 0.6 is 0 Å². The van der Waals surface area contributed by atoms with E-state index in [0.29, 0.717) is 24.3 Å². The first kappa shape index (κ1) is 23.5. The summed E-state index contributed by atoms with van der Waals surface area (Å²) in [7, 11) is -3.96. The molecule has 2 aromatic rings. The molecule has 2 saturated heterocycles. The molecule has 2 heterocycles. The summed E-state index contributed by atoms with van der Waals surface area (Å²) in [5.74, 6) is -0.619. The first-order valence-electron chi connectivity index (χ1n) is 11.3. The summed E-state index contributed by atoms with van der Waals surface area (Å²) in [6.07, 6.45) is 0. The Labute approximate surface area is 194 Å². The number of benzene rings is 2. The van der Waals surface area contributed by atoms with Crippen LogP contribution in [-0.4, -0.2) is 83.0 Å². The van der Waals surface area contributed by atoms with Gasteiger partial charge in [0, 0.05) is 57.9 Å². The Bertz CT molecular complexity index is 1080. The number of rotatable bonds is 6. The topological polar surface area (TPSA) is 85.0 Å². The minimum Gasteiger partial charge on any atom is -0.367 e. The van der Waals surface area contributed by atoms with Crippen molar-refractivity contribution in [2.45, 2.75) is 11.8 Å². The van der Waals surface area contributed by atoms with E-state index >= 15 is 0 Å². The van der Waals surface area contributed by atoms with Gasteiger partial charge in [0.05, 0.1) is 16.3 Å². The zero-order valence-electron chi connectivity index (χ0n) is 18.8. The average Bonchev–Trinajstić information content (AvgIpc) is 2.84. The predicted octanol–water partition coefficient (Wildman–Crippen LogP) is 1.81. The smallest absolute Gasteiger partial charge is 0.261 e. The number of likely N-dealkylation sites (N-methyl/N-ethyl adjacent to an activating group) is 1. The van der Waals surface area contributed by atoms with Crippen LogP contribution in [0.1, 0.15) is 17.3 Å². The summed E-state index contributed by atoms with van der Waals surface area (Å²) >= 11 is 0. The van der Waals surface area contributed by atoms with Gasteiger partial charge >= 0.3 is 0 Å². The Hall–Kier alpha value is -2.69. The van der Waals surface area contributed by atoms with E-state index < -0.39 is 15.8 Å². The summed E-state index contributed by atoms with van der Waals surface area (Å²) < 4.78 is 42.0. The molecule has 2 aromatic carbocycles. The van der Waals surface area contributed by atoms with Crippen LogP contribution in [0.15, 0.2) is 47.4 Å². The van der Waals surface area contributed by atoms with Crippen molar-refractivity contribution in [3.05, 3.63) is 53.8 Å². The normalized spacial score (nSPS) is 17.8. The van der Waals surface area contributed by atoms with Crippen LogP contribution in [0.3, 0.4) is 0 Å². The Morgan fingerprint density at radius 1 is 1.00 bits per heavy atom. The van der Waals surface area contributed by atoms with Gasteiger partial charge in [0.25, 0.3) is 15.9 Å². The van der Waals surface area contributed by atoms with E-state index in [0.717, 1.165) is 63.6 Å². The number of piperazine rings is 2. The van der Waals surface area contributed by atoms with Crippen molar-refractivity contribution in [1.82, 2.24) is 15.1 Å². The number of sulfonamides is 1. The van der Waals surface area contributed by atoms with Crippen LogP contribution in [0.2, 0.25) is 0 Å². The largest absolute Gasteiger partial charge is 0.367 e. The molecule has 0 unspecified atom stereocenters. The SMILES string of the molecule is CCN1CCN(C(=O)c2ccc(N3CCNCC3)c(NS(=O)(=O)c3ccc(F)cc3)c2)CC1. The van der Waals surface area contributed by atoms with E-state index in [1.165, 1.54) is 12.1 Å².